The van der Waals surface area contributed by atoms with Crippen LogP contribution in [0.15, 0.2) is 5.38 Å². The van der Waals surface area contributed by atoms with E-state index in [0.717, 1.165) is 18.3 Å². The summed E-state index contributed by atoms with van der Waals surface area (Å²) in [7, 11) is 0. The molecule has 1 aromatic heterocycles. The first-order valence-electron chi connectivity index (χ1n) is 5.83. The summed E-state index contributed by atoms with van der Waals surface area (Å²) in [6.07, 6.45) is -5.16. The zero-order valence-corrected chi connectivity index (χ0v) is 12.3. The van der Waals surface area contributed by atoms with Crippen LogP contribution in [0.25, 0.3) is 0 Å². The molecule has 22 heavy (non-hydrogen) atoms. The summed E-state index contributed by atoms with van der Waals surface area (Å²) >= 11 is 1.06. The average Bonchev–Trinajstić information content (AvgIpc) is 2.77. The van der Waals surface area contributed by atoms with Crippen molar-refractivity contribution in [2.45, 2.75) is 26.1 Å². The van der Waals surface area contributed by atoms with Gasteiger partial charge >= 0.3 is 18.1 Å². The lowest BCUT2D eigenvalue weighted by atomic mass is 10.3. The number of thiazole rings is 1. The molecule has 0 bridgehead atoms. The Morgan fingerprint density at radius 1 is 1.41 bits per heavy atom. The lowest BCUT2D eigenvalue weighted by Crippen LogP contribution is -2.51. The maximum Gasteiger partial charge on any atom is 0.471 e. The highest BCUT2D eigenvalue weighted by molar-refractivity contribution is 7.13. The minimum Gasteiger partial charge on any atom is -0.463 e. The number of hydrogen-bond donors (Lipinski definition) is 2. The SMILES string of the molecule is CC(=O)OC[C@H](NC(=O)C(F)(F)F)C(=O)Nc1nc(C)cs1. The van der Waals surface area contributed by atoms with E-state index in [1.54, 1.807) is 12.3 Å². The number of nitrogens with one attached hydrogen (secondary N) is 2. The molecule has 11 heteroatoms. The van der Waals surface area contributed by atoms with E-state index in [9.17, 15) is 27.6 Å². The molecule has 0 saturated carbocycles. The van der Waals surface area contributed by atoms with Gasteiger partial charge < -0.3 is 15.4 Å². The van der Waals surface area contributed by atoms with E-state index in [0.29, 0.717) is 5.69 Å². The van der Waals surface area contributed by atoms with Crippen LogP contribution in [0.4, 0.5) is 18.3 Å². The Balaban J connectivity index is 2.77. The molecule has 2 N–H and O–H groups in total. The van der Waals surface area contributed by atoms with Crippen molar-refractivity contribution >= 4 is 34.3 Å². The van der Waals surface area contributed by atoms with Gasteiger partial charge in [-0.05, 0) is 6.92 Å². The van der Waals surface area contributed by atoms with Crippen molar-refractivity contribution in [3.8, 4) is 0 Å². The summed E-state index contributed by atoms with van der Waals surface area (Å²) in [5.41, 5.74) is 0.608. The van der Waals surface area contributed by atoms with Crippen molar-refractivity contribution in [3.05, 3.63) is 11.1 Å². The number of alkyl halides is 3. The number of esters is 1. The van der Waals surface area contributed by atoms with Crippen molar-refractivity contribution in [1.29, 1.82) is 0 Å². The molecule has 0 fully saturated rings. The van der Waals surface area contributed by atoms with Crippen molar-refractivity contribution in [3.63, 3.8) is 0 Å². The molecule has 0 spiro atoms. The number of hydrogen-bond acceptors (Lipinski definition) is 6. The first-order chi connectivity index (χ1) is 10.1. The summed E-state index contributed by atoms with van der Waals surface area (Å²) < 4.78 is 41.2. The third-order valence-corrected chi connectivity index (χ3v) is 3.06. The quantitative estimate of drug-likeness (QED) is 0.780. The van der Waals surface area contributed by atoms with E-state index in [2.05, 4.69) is 15.0 Å². The van der Waals surface area contributed by atoms with Gasteiger partial charge in [-0.2, -0.15) is 13.2 Å². The molecule has 0 radical (unpaired) electrons. The van der Waals surface area contributed by atoms with Crippen molar-refractivity contribution in [2.24, 2.45) is 0 Å². The Morgan fingerprint density at radius 2 is 2.05 bits per heavy atom. The van der Waals surface area contributed by atoms with E-state index in [1.165, 1.54) is 5.32 Å². The molecule has 0 aliphatic carbocycles. The normalized spacial score (nSPS) is 12.4. The second-order valence-electron chi connectivity index (χ2n) is 4.11. The Kier molecular flexibility index (Phi) is 5.85. The third kappa shape index (κ3) is 5.68. The predicted octanol–water partition coefficient (Wildman–Crippen LogP) is 1.00. The van der Waals surface area contributed by atoms with Gasteiger partial charge in [0.05, 0.1) is 5.69 Å². The number of anilines is 1. The molecule has 0 saturated heterocycles. The van der Waals surface area contributed by atoms with Crippen LogP contribution in [-0.4, -0.2) is 41.6 Å². The first kappa shape index (κ1) is 17.9. The predicted molar refractivity (Wildman–Crippen MR) is 70.1 cm³/mol. The molecule has 1 heterocycles. The number of aryl methyl sites for hydroxylation is 1. The number of carbonyl (C=O) groups is 3. The Hall–Kier alpha value is -2.17. The van der Waals surface area contributed by atoms with E-state index in [-0.39, 0.29) is 5.13 Å². The lowest BCUT2D eigenvalue weighted by molar-refractivity contribution is -0.175. The molecule has 0 aromatic carbocycles. The highest BCUT2D eigenvalue weighted by atomic mass is 32.1. The van der Waals surface area contributed by atoms with Gasteiger partial charge in [0.15, 0.2) is 5.13 Å². The number of carbonyl (C=O) groups excluding carboxylic acids is 3. The molecule has 1 rings (SSSR count). The van der Waals surface area contributed by atoms with E-state index < -0.39 is 36.6 Å². The third-order valence-electron chi connectivity index (χ3n) is 2.18. The van der Waals surface area contributed by atoms with Gasteiger partial charge in [0.25, 0.3) is 5.91 Å². The largest absolute Gasteiger partial charge is 0.471 e. The van der Waals surface area contributed by atoms with Gasteiger partial charge in [0, 0.05) is 12.3 Å². The van der Waals surface area contributed by atoms with Gasteiger partial charge in [-0.1, -0.05) is 0 Å². The zero-order valence-electron chi connectivity index (χ0n) is 11.5. The molecule has 7 nitrogen and oxygen atoms in total. The maximum absolute atomic E-state index is 12.2. The number of halogens is 3. The van der Waals surface area contributed by atoms with Crippen LogP contribution in [0.1, 0.15) is 12.6 Å². The van der Waals surface area contributed by atoms with Gasteiger partial charge in [-0.15, -0.1) is 11.3 Å². The molecule has 0 aliphatic heterocycles. The van der Waals surface area contributed by atoms with Crippen molar-refractivity contribution in [1.82, 2.24) is 10.3 Å². The second-order valence-corrected chi connectivity index (χ2v) is 4.97. The number of aromatic nitrogens is 1. The van der Waals surface area contributed by atoms with Gasteiger partial charge in [0.2, 0.25) is 0 Å². The minimum absolute atomic E-state index is 0.150. The lowest BCUT2D eigenvalue weighted by Gasteiger charge is -2.18. The summed E-state index contributed by atoms with van der Waals surface area (Å²) in [5, 5.41) is 5.47. The van der Waals surface area contributed by atoms with Crippen LogP contribution in [0.2, 0.25) is 0 Å². The van der Waals surface area contributed by atoms with Crippen molar-refractivity contribution in [2.75, 3.05) is 11.9 Å². The summed E-state index contributed by atoms with van der Waals surface area (Å²) in [5.74, 6) is -4.09. The minimum atomic E-state index is -5.16. The fourth-order valence-corrected chi connectivity index (χ4v) is 1.92. The second kappa shape index (κ2) is 7.20. The molecule has 0 aliphatic rings. The van der Waals surface area contributed by atoms with Gasteiger partial charge in [-0.25, -0.2) is 4.98 Å². The molecule has 0 unspecified atom stereocenters. The van der Waals surface area contributed by atoms with Crippen LogP contribution in [0.5, 0.6) is 0 Å². The summed E-state index contributed by atoms with van der Waals surface area (Å²) in [6.45, 7) is 1.95. The van der Waals surface area contributed by atoms with E-state index in [4.69, 9.17) is 0 Å². The molecular weight excluding hydrogens is 327 g/mol. The van der Waals surface area contributed by atoms with Crippen LogP contribution in [0, 0.1) is 6.92 Å². The highest BCUT2D eigenvalue weighted by Gasteiger charge is 2.41. The summed E-state index contributed by atoms with van der Waals surface area (Å²) in [4.78, 5) is 37.4. The monoisotopic (exact) mass is 339 g/mol. The van der Waals surface area contributed by atoms with Crippen LogP contribution in [0.3, 0.4) is 0 Å². The average molecular weight is 339 g/mol. The standard InChI is InChI=1S/C11H12F3N3O4S/c1-5-4-22-10(15-5)17-8(19)7(3-21-6(2)18)16-9(20)11(12,13)14/h4,7H,3H2,1-2H3,(H,16,20)(H,15,17,19)/t7-/m0/s1. The highest BCUT2D eigenvalue weighted by Crippen LogP contribution is 2.16. The first-order valence-corrected chi connectivity index (χ1v) is 6.71. The topological polar surface area (TPSA) is 97.4 Å². The van der Waals surface area contributed by atoms with E-state index >= 15 is 0 Å². The molecule has 1 atom stereocenters. The number of rotatable bonds is 5. The van der Waals surface area contributed by atoms with Crippen LogP contribution in [-0.2, 0) is 19.1 Å². The number of amides is 2. The summed E-state index contributed by atoms with van der Waals surface area (Å²) in [6, 6.07) is -1.69. The van der Waals surface area contributed by atoms with Crippen LogP contribution < -0.4 is 10.6 Å². The molecular formula is C11H12F3N3O4S. The smallest absolute Gasteiger partial charge is 0.463 e. The van der Waals surface area contributed by atoms with Gasteiger partial charge in [-0.3, -0.25) is 14.4 Å². The van der Waals surface area contributed by atoms with Crippen LogP contribution >= 0.6 is 11.3 Å². The number of nitrogens with zero attached hydrogens (tertiary/aromatic N) is 1. The Labute approximate surface area is 126 Å². The fourth-order valence-electron chi connectivity index (χ4n) is 1.23. The fraction of sp³-hybridized carbons (Fsp3) is 0.455. The Bertz CT molecular complexity index is 573. The van der Waals surface area contributed by atoms with E-state index in [1.807, 2.05) is 0 Å². The van der Waals surface area contributed by atoms with Crippen molar-refractivity contribution < 1.29 is 32.3 Å². The maximum atomic E-state index is 12.2. The molecule has 122 valence electrons. The number of ether oxygens (including phenoxy) is 1. The Morgan fingerprint density at radius 3 is 2.50 bits per heavy atom. The van der Waals surface area contributed by atoms with Gasteiger partial charge in [0.1, 0.15) is 12.6 Å². The zero-order chi connectivity index (χ0) is 16.9. The molecule has 2 amide bonds. The molecule has 1 aromatic rings.